The van der Waals surface area contributed by atoms with Crippen molar-refractivity contribution in [3.63, 3.8) is 0 Å². The van der Waals surface area contributed by atoms with Crippen LogP contribution in [-0.4, -0.2) is 45.3 Å². The number of carbonyl (C=O) groups excluding carboxylic acids is 1. The highest BCUT2D eigenvalue weighted by Gasteiger charge is 2.24. The number of benzene rings is 1. The highest BCUT2D eigenvalue weighted by atomic mass is 19.1. The van der Waals surface area contributed by atoms with E-state index in [-0.39, 0.29) is 11.8 Å². The van der Waals surface area contributed by atoms with Crippen LogP contribution >= 0.6 is 0 Å². The number of hydrogen-bond donors (Lipinski definition) is 1. The lowest BCUT2D eigenvalue weighted by molar-refractivity contribution is 0.169. The summed E-state index contributed by atoms with van der Waals surface area (Å²) in [4.78, 5) is 18.7. The van der Waals surface area contributed by atoms with Crippen LogP contribution in [0.2, 0.25) is 0 Å². The highest BCUT2D eigenvalue weighted by molar-refractivity contribution is 5.74. The Hall–Kier alpha value is -3.16. The maximum absolute atomic E-state index is 13.0. The van der Waals surface area contributed by atoms with E-state index in [2.05, 4.69) is 21.6 Å². The van der Waals surface area contributed by atoms with Crippen molar-refractivity contribution >= 4 is 6.03 Å². The Morgan fingerprint density at radius 3 is 2.72 bits per heavy atom. The Morgan fingerprint density at radius 1 is 1.28 bits per heavy atom. The summed E-state index contributed by atoms with van der Waals surface area (Å²) in [6.45, 7) is 3.94. The van der Waals surface area contributed by atoms with E-state index in [4.69, 9.17) is 4.42 Å². The SMILES string of the molecule is Cc1cnn(C2CCN(C(=O)NCCc3coc(-c4ccc(F)cc4)n3)CC2)c1. The Balaban J connectivity index is 1.22. The van der Waals surface area contributed by atoms with Crippen LogP contribution in [0.1, 0.15) is 30.1 Å². The molecule has 7 nitrogen and oxygen atoms in total. The summed E-state index contributed by atoms with van der Waals surface area (Å²) < 4.78 is 20.5. The van der Waals surface area contributed by atoms with Crippen molar-refractivity contribution < 1.29 is 13.6 Å². The number of aryl methyl sites for hydroxylation is 1. The van der Waals surface area contributed by atoms with E-state index in [0.29, 0.717) is 38.0 Å². The number of rotatable bonds is 5. The lowest BCUT2D eigenvalue weighted by atomic mass is 10.1. The molecule has 1 aromatic carbocycles. The second-order valence-corrected chi connectivity index (χ2v) is 7.35. The zero-order valence-electron chi connectivity index (χ0n) is 16.3. The summed E-state index contributed by atoms with van der Waals surface area (Å²) in [6.07, 6.45) is 7.86. The number of carbonyl (C=O) groups is 1. The maximum atomic E-state index is 13.0. The number of aromatic nitrogens is 3. The molecule has 2 amide bonds. The molecule has 3 aromatic rings. The van der Waals surface area contributed by atoms with Gasteiger partial charge in [-0.25, -0.2) is 14.2 Å². The summed E-state index contributed by atoms with van der Waals surface area (Å²) >= 11 is 0. The summed E-state index contributed by atoms with van der Waals surface area (Å²) in [5.74, 6) is 0.147. The van der Waals surface area contributed by atoms with E-state index in [9.17, 15) is 9.18 Å². The number of oxazole rings is 1. The molecule has 1 N–H and O–H groups in total. The molecule has 0 aliphatic carbocycles. The largest absolute Gasteiger partial charge is 0.444 e. The molecular formula is C21H24FN5O2. The normalized spacial score (nSPS) is 14.9. The lowest BCUT2D eigenvalue weighted by Gasteiger charge is -2.32. The molecule has 0 atom stereocenters. The smallest absolute Gasteiger partial charge is 0.317 e. The van der Waals surface area contributed by atoms with Crippen LogP contribution in [-0.2, 0) is 6.42 Å². The Labute approximate surface area is 168 Å². The number of likely N-dealkylation sites (tertiary alicyclic amines) is 1. The first-order valence-corrected chi connectivity index (χ1v) is 9.82. The molecule has 8 heteroatoms. The lowest BCUT2D eigenvalue weighted by Crippen LogP contribution is -2.45. The average molecular weight is 397 g/mol. The van der Waals surface area contributed by atoms with E-state index >= 15 is 0 Å². The van der Waals surface area contributed by atoms with Gasteiger partial charge in [0.2, 0.25) is 5.89 Å². The quantitative estimate of drug-likeness (QED) is 0.714. The van der Waals surface area contributed by atoms with E-state index < -0.39 is 0 Å². The number of amides is 2. The van der Waals surface area contributed by atoms with E-state index in [0.717, 1.165) is 29.7 Å². The molecule has 1 saturated heterocycles. The van der Waals surface area contributed by atoms with Gasteiger partial charge in [-0.1, -0.05) is 0 Å². The van der Waals surface area contributed by atoms with Crippen molar-refractivity contribution in [1.82, 2.24) is 25.0 Å². The zero-order chi connectivity index (χ0) is 20.2. The third-order valence-electron chi connectivity index (χ3n) is 5.16. The fourth-order valence-electron chi connectivity index (χ4n) is 3.52. The van der Waals surface area contributed by atoms with Crippen molar-refractivity contribution in [2.75, 3.05) is 19.6 Å². The van der Waals surface area contributed by atoms with Gasteiger partial charge < -0.3 is 14.6 Å². The van der Waals surface area contributed by atoms with Gasteiger partial charge in [-0.15, -0.1) is 0 Å². The summed E-state index contributed by atoms with van der Waals surface area (Å²) in [6, 6.07) is 6.30. The standard InChI is InChI=1S/C21H24FN5O2/c1-15-12-24-27(13-15)19-7-10-26(11-8-19)21(28)23-9-6-18-14-29-20(25-18)16-2-4-17(22)5-3-16/h2-5,12-14,19H,6-11H2,1H3,(H,23,28). The van der Waals surface area contributed by atoms with Crippen molar-refractivity contribution in [3.8, 4) is 11.5 Å². The Kier molecular flexibility index (Phi) is 5.59. The van der Waals surface area contributed by atoms with Crippen LogP contribution in [0, 0.1) is 12.7 Å². The zero-order valence-corrected chi connectivity index (χ0v) is 16.3. The monoisotopic (exact) mass is 397 g/mol. The fraction of sp³-hybridized carbons (Fsp3) is 0.381. The molecule has 0 bridgehead atoms. The molecule has 4 rings (SSSR count). The number of urea groups is 1. The number of piperidine rings is 1. The van der Waals surface area contributed by atoms with Crippen molar-refractivity contribution in [2.24, 2.45) is 0 Å². The Bertz CT molecular complexity index is 958. The van der Waals surface area contributed by atoms with Gasteiger partial charge >= 0.3 is 6.03 Å². The molecule has 2 aromatic heterocycles. The molecule has 3 heterocycles. The van der Waals surface area contributed by atoms with E-state index in [1.54, 1.807) is 18.4 Å². The minimum Gasteiger partial charge on any atom is -0.444 e. The second-order valence-electron chi connectivity index (χ2n) is 7.35. The first kappa shape index (κ1) is 19.2. The second kappa shape index (κ2) is 8.46. The van der Waals surface area contributed by atoms with Crippen LogP contribution in [0.4, 0.5) is 9.18 Å². The summed E-state index contributed by atoms with van der Waals surface area (Å²) in [7, 11) is 0. The van der Waals surface area contributed by atoms with Gasteiger partial charge in [0.05, 0.1) is 17.9 Å². The minimum absolute atomic E-state index is 0.0534. The molecule has 0 spiro atoms. The van der Waals surface area contributed by atoms with Crippen LogP contribution < -0.4 is 5.32 Å². The first-order chi connectivity index (χ1) is 14.1. The van der Waals surface area contributed by atoms with Gasteiger partial charge in [-0.2, -0.15) is 5.10 Å². The van der Waals surface area contributed by atoms with Gasteiger partial charge in [0.15, 0.2) is 0 Å². The van der Waals surface area contributed by atoms with Crippen LogP contribution in [0.3, 0.4) is 0 Å². The Morgan fingerprint density at radius 2 is 2.03 bits per heavy atom. The molecule has 152 valence electrons. The van der Waals surface area contributed by atoms with Crippen molar-refractivity contribution in [3.05, 3.63) is 60.0 Å². The van der Waals surface area contributed by atoms with Crippen LogP contribution in [0.25, 0.3) is 11.5 Å². The van der Waals surface area contributed by atoms with Crippen molar-refractivity contribution in [1.29, 1.82) is 0 Å². The molecule has 0 saturated carbocycles. The maximum Gasteiger partial charge on any atom is 0.317 e. The average Bonchev–Trinajstić information content (AvgIpc) is 3.38. The predicted octanol–water partition coefficient (Wildman–Crippen LogP) is 3.57. The van der Waals surface area contributed by atoms with Gasteiger partial charge in [-0.05, 0) is 49.6 Å². The third-order valence-corrected chi connectivity index (χ3v) is 5.16. The number of nitrogens with one attached hydrogen (secondary N) is 1. The van der Waals surface area contributed by atoms with Crippen molar-refractivity contribution in [2.45, 2.75) is 32.2 Å². The number of hydrogen-bond acceptors (Lipinski definition) is 4. The molecule has 1 fully saturated rings. The van der Waals surface area contributed by atoms with Crippen LogP contribution in [0.15, 0.2) is 47.3 Å². The van der Waals surface area contributed by atoms with E-state index in [1.165, 1.54) is 12.1 Å². The minimum atomic E-state index is -0.299. The topological polar surface area (TPSA) is 76.2 Å². The molecule has 0 radical (unpaired) electrons. The summed E-state index contributed by atoms with van der Waals surface area (Å²) in [5, 5.41) is 7.33. The van der Waals surface area contributed by atoms with Gasteiger partial charge in [0.25, 0.3) is 0 Å². The van der Waals surface area contributed by atoms with Gasteiger partial charge in [0, 0.05) is 37.8 Å². The summed E-state index contributed by atoms with van der Waals surface area (Å²) in [5.41, 5.74) is 2.62. The van der Waals surface area contributed by atoms with Gasteiger partial charge in [-0.3, -0.25) is 4.68 Å². The van der Waals surface area contributed by atoms with Crippen LogP contribution in [0.5, 0.6) is 0 Å². The molecule has 0 unspecified atom stereocenters. The molecule has 29 heavy (non-hydrogen) atoms. The highest BCUT2D eigenvalue weighted by Crippen LogP contribution is 2.22. The van der Waals surface area contributed by atoms with Gasteiger partial charge in [0.1, 0.15) is 12.1 Å². The number of nitrogens with zero attached hydrogens (tertiary/aromatic N) is 4. The first-order valence-electron chi connectivity index (χ1n) is 9.82. The predicted molar refractivity (Wildman–Crippen MR) is 106 cm³/mol. The molecule has 1 aliphatic rings. The molecular weight excluding hydrogens is 373 g/mol. The molecule has 1 aliphatic heterocycles. The third kappa shape index (κ3) is 4.64. The van der Waals surface area contributed by atoms with E-state index in [1.807, 2.05) is 22.7 Å². The number of halogens is 1. The fourth-order valence-corrected chi connectivity index (χ4v) is 3.52.